The van der Waals surface area contributed by atoms with Gasteiger partial charge in [0.15, 0.2) is 0 Å². The van der Waals surface area contributed by atoms with Crippen LogP contribution in [0, 0.1) is 5.92 Å². The molecule has 2 atom stereocenters. The van der Waals surface area contributed by atoms with Crippen molar-refractivity contribution < 1.29 is 18.3 Å². The summed E-state index contributed by atoms with van der Waals surface area (Å²) in [6.45, 7) is 4.97. The Hall–Kier alpha value is -2.58. The molecule has 0 aliphatic carbocycles. The first-order valence-electron chi connectivity index (χ1n) is 9.67. The minimum Gasteiger partial charge on any atom is -0.493 e. The summed E-state index contributed by atoms with van der Waals surface area (Å²) < 4.78 is 32.2. The number of hydrogen-bond acceptors (Lipinski definition) is 4. The molecular weight excluding hydrogens is 408 g/mol. The average molecular weight is 436 g/mol. The Morgan fingerprint density at radius 3 is 2.83 bits per heavy atom. The van der Waals surface area contributed by atoms with E-state index >= 15 is 0 Å². The number of nitrogens with two attached hydrogens (primary N) is 1. The second kappa shape index (κ2) is 11.6. The van der Waals surface area contributed by atoms with E-state index in [1.54, 1.807) is 0 Å². The molecule has 1 aliphatic heterocycles. The number of alkyl halides is 1. The van der Waals surface area contributed by atoms with Crippen molar-refractivity contribution in [3.05, 3.63) is 66.0 Å². The molecule has 1 amide bonds. The highest BCUT2D eigenvalue weighted by atomic mass is 32.1. The van der Waals surface area contributed by atoms with Crippen LogP contribution in [0.25, 0.3) is 0 Å². The lowest BCUT2D eigenvalue weighted by atomic mass is 9.87. The van der Waals surface area contributed by atoms with Gasteiger partial charge in [-0.2, -0.15) is 0 Å². The summed E-state index contributed by atoms with van der Waals surface area (Å²) in [5.41, 5.74) is 9.97. The van der Waals surface area contributed by atoms with Crippen molar-refractivity contribution in [3.8, 4) is 5.75 Å². The van der Waals surface area contributed by atoms with Gasteiger partial charge in [0.05, 0.1) is 12.6 Å². The van der Waals surface area contributed by atoms with E-state index in [-0.39, 0.29) is 29.3 Å². The SMILES string of the molecule is C=C/C=C(\C/C(F)=C\CF)C(=S)NN(C(C)=O)C1c2ccccc2OCC1CCN. The number of allylic oxidation sites excluding steroid dienone is 4. The Labute approximate surface area is 181 Å². The highest BCUT2D eigenvalue weighted by Crippen LogP contribution is 2.40. The minimum absolute atomic E-state index is 0.0564. The number of halogens is 2. The molecule has 1 heterocycles. The molecule has 5 nitrogen and oxygen atoms in total. The molecule has 0 radical (unpaired) electrons. The monoisotopic (exact) mass is 435 g/mol. The maximum absolute atomic E-state index is 13.9. The van der Waals surface area contributed by atoms with E-state index in [2.05, 4.69) is 12.0 Å². The number of nitrogens with zero attached hydrogens (tertiary/aromatic N) is 1. The van der Waals surface area contributed by atoms with Gasteiger partial charge in [-0.25, -0.2) is 13.8 Å². The predicted octanol–water partition coefficient (Wildman–Crippen LogP) is 4.09. The quantitative estimate of drug-likeness (QED) is 0.279. The van der Waals surface area contributed by atoms with Crippen LogP contribution in [0.5, 0.6) is 5.75 Å². The molecule has 2 rings (SSSR count). The number of nitrogens with one attached hydrogen (secondary N) is 1. The fourth-order valence-electron chi connectivity index (χ4n) is 3.42. The Bertz CT molecular complexity index is 841. The average Bonchev–Trinajstić information content (AvgIpc) is 2.72. The Kier molecular flexibility index (Phi) is 9.14. The van der Waals surface area contributed by atoms with Crippen LogP contribution in [-0.4, -0.2) is 35.7 Å². The lowest BCUT2D eigenvalue weighted by molar-refractivity contribution is -0.135. The molecule has 1 aromatic carbocycles. The number of rotatable bonds is 8. The van der Waals surface area contributed by atoms with E-state index in [9.17, 15) is 13.6 Å². The van der Waals surface area contributed by atoms with Crippen molar-refractivity contribution in [1.29, 1.82) is 0 Å². The third kappa shape index (κ3) is 5.96. The van der Waals surface area contributed by atoms with Crippen molar-refractivity contribution >= 4 is 23.1 Å². The van der Waals surface area contributed by atoms with Gasteiger partial charge in [0.25, 0.3) is 0 Å². The summed E-state index contributed by atoms with van der Waals surface area (Å²) in [6, 6.07) is 7.10. The van der Waals surface area contributed by atoms with Crippen molar-refractivity contribution in [3.63, 3.8) is 0 Å². The van der Waals surface area contributed by atoms with Gasteiger partial charge in [-0.1, -0.05) is 49.1 Å². The first-order chi connectivity index (χ1) is 14.4. The van der Waals surface area contributed by atoms with Gasteiger partial charge >= 0.3 is 0 Å². The van der Waals surface area contributed by atoms with E-state index in [0.29, 0.717) is 30.9 Å². The Morgan fingerprint density at radius 1 is 1.47 bits per heavy atom. The Morgan fingerprint density at radius 2 is 2.20 bits per heavy atom. The second-order valence-electron chi connectivity index (χ2n) is 6.87. The van der Waals surface area contributed by atoms with Crippen LogP contribution in [0.1, 0.15) is 31.4 Å². The zero-order chi connectivity index (χ0) is 22.1. The lowest BCUT2D eigenvalue weighted by Gasteiger charge is -2.41. The third-order valence-corrected chi connectivity index (χ3v) is 5.14. The molecule has 3 N–H and O–H groups in total. The summed E-state index contributed by atoms with van der Waals surface area (Å²) in [6.07, 6.45) is 4.28. The van der Waals surface area contributed by atoms with E-state index in [1.807, 2.05) is 24.3 Å². The molecule has 0 fully saturated rings. The van der Waals surface area contributed by atoms with Crippen molar-refractivity contribution in [2.45, 2.75) is 25.8 Å². The topological polar surface area (TPSA) is 67.6 Å². The lowest BCUT2D eigenvalue weighted by Crippen LogP contribution is -2.51. The molecule has 2 unspecified atom stereocenters. The maximum Gasteiger partial charge on any atom is 0.238 e. The van der Waals surface area contributed by atoms with Gasteiger partial charge in [-0.15, -0.1) is 0 Å². The van der Waals surface area contributed by atoms with Crippen molar-refractivity contribution in [2.24, 2.45) is 11.7 Å². The highest BCUT2D eigenvalue weighted by molar-refractivity contribution is 7.80. The van der Waals surface area contributed by atoms with Crippen molar-refractivity contribution in [1.82, 2.24) is 10.4 Å². The summed E-state index contributed by atoms with van der Waals surface area (Å²) >= 11 is 5.45. The highest BCUT2D eigenvalue weighted by Gasteiger charge is 2.37. The molecule has 1 aromatic rings. The molecule has 8 heteroatoms. The summed E-state index contributed by atoms with van der Waals surface area (Å²) in [4.78, 5) is 12.8. The number of carbonyl (C=O) groups excluding carboxylic acids is 1. The van der Waals surface area contributed by atoms with Gasteiger partial charge in [0, 0.05) is 24.8 Å². The van der Waals surface area contributed by atoms with Gasteiger partial charge in [-0.05, 0) is 30.7 Å². The van der Waals surface area contributed by atoms with Crippen LogP contribution in [-0.2, 0) is 4.79 Å². The zero-order valence-electron chi connectivity index (χ0n) is 16.9. The Balaban J connectivity index is 2.36. The molecule has 1 aliphatic rings. The standard InChI is InChI=1S/C22H27F2N3O2S/c1-3-6-16(13-18(24)9-11-23)22(30)26-27(15(2)28)21-17(10-12-25)14-29-20-8-5-4-7-19(20)21/h3-9,17,21H,1,10-14,25H2,2H3,(H,26,30)/b16-6+,18-9+. The number of benzene rings is 1. The summed E-state index contributed by atoms with van der Waals surface area (Å²) in [7, 11) is 0. The van der Waals surface area contributed by atoms with E-state index in [4.69, 9.17) is 22.7 Å². The molecule has 162 valence electrons. The van der Waals surface area contributed by atoms with E-state index in [0.717, 1.165) is 11.6 Å². The van der Waals surface area contributed by atoms with Crippen molar-refractivity contribution in [2.75, 3.05) is 19.8 Å². The van der Waals surface area contributed by atoms with Crippen LogP contribution in [0.15, 0.2) is 60.5 Å². The van der Waals surface area contributed by atoms with Crippen LogP contribution < -0.4 is 15.9 Å². The number of thiocarbonyl (C=S) groups is 1. The normalized spacial score (nSPS) is 18.8. The van der Waals surface area contributed by atoms with Crippen LogP contribution in [0.3, 0.4) is 0 Å². The molecule has 0 aromatic heterocycles. The maximum atomic E-state index is 13.9. The minimum atomic E-state index is -0.910. The zero-order valence-corrected chi connectivity index (χ0v) is 17.8. The molecule has 0 saturated carbocycles. The fraction of sp³-hybridized carbons (Fsp3) is 0.364. The van der Waals surface area contributed by atoms with Gasteiger partial charge in [0.2, 0.25) is 5.91 Å². The number of fused-ring (bicyclic) bond motifs is 1. The van der Waals surface area contributed by atoms with E-state index in [1.165, 1.54) is 24.1 Å². The molecule has 0 spiro atoms. The number of hydrazine groups is 1. The largest absolute Gasteiger partial charge is 0.493 e. The third-order valence-electron chi connectivity index (χ3n) is 4.78. The smallest absolute Gasteiger partial charge is 0.238 e. The van der Waals surface area contributed by atoms with Gasteiger partial charge < -0.3 is 10.5 Å². The van der Waals surface area contributed by atoms with Crippen LogP contribution in [0.2, 0.25) is 0 Å². The van der Waals surface area contributed by atoms with Gasteiger partial charge in [0.1, 0.15) is 23.2 Å². The first kappa shape index (κ1) is 23.7. The number of amides is 1. The molecular formula is C22H27F2N3O2S. The number of para-hydroxylation sites is 1. The molecule has 0 bridgehead atoms. The van der Waals surface area contributed by atoms with Crippen LogP contribution in [0.4, 0.5) is 8.78 Å². The molecule has 30 heavy (non-hydrogen) atoms. The number of ether oxygens (including phenoxy) is 1. The van der Waals surface area contributed by atoms with Gasteiger partial charge in [-0.3, -0.25) is 10.2 Å². The van der Waals surface area contributed by atoms with E-state index < -0.39 is 12.5 Å². The number of carbonyl (C=O) groups is 1. The number of hydrogen-bond donors (Lipinski definition) is 2. The van der Waals surface area contributed by atoms with Crippen LogP contribution >= 0.6 is 12.2 Å². The predicted molar refractivity (Wildman–Crippen MR) is 118 cm³/mol. The second-order valence-corrected chi connectivity index (χ2v) is 7.28. The molecule has 0 saturated heterocycles. The fourth-order valence-corrected chi connectivity index (χ4v) is 3.66. The summed E-state index contributed by atoms with van der Waals surface area (Å²) in [5.74, 6) is -0.284. The first-order valence-corrected chi connectivity index (χ1v) is 10.1. The summed E-state index contributed by atoms with van der Waals surface area (Å²) in [5, 5.41) is 1.44.